The Labute approximate surface area is 110 Å². The number of esters is 1. The van der Waals surface area contributed by atoms with Crippen molar-refractivity contribution in [2.75, 3.05) is 7.11 Å². The summed E-state index contributed by atoms with van der Waals surface area (Å²) < 4.78 is 10.3. The van der Waals surface area contributed by atoms with E-state index in [0.717, 1.165) is 17.2 Å². The molecule has 0 bridgehead atoms. The number of carbonyl (C=O) groups is 2. The van der Waals surface area contributed by atoms with Gasteiger partial charge >= 0.3 is 11.9 Å². The van der Waals surface area contributed by atoms with Crippen molar-refractivity contribution in [3.63, 3.8) is 0 Å². The van der Waals surface area contributed by atoms with Crippen LogP contribution in [0.5, 0.6) is 5.75 Å². The highest BCUT2D eigenvalue weighted by Gasteiger charge is 2.42. The van der Waals surface area contributed by atoms with Crippen molar-refractivity contribution in [2.24, 2.45) is 0 Å². The second-order valence-electron chi connectivity index (χ2n) is 4.54. The van der Waals surface area contributed by atoms with E-state index < -0.39 is 17.5 Å². The number of rotatable bonds is 3. The predicted molar refractivity (Wildman–Crippen MR) is 67.9 cm³/mol. The number of ether oxygens (including phenoxy) is 2. The molecule has 19 heavy (non-hydrogen) atoms. The zero-order valence-corrected chi connectivity index (χ0v) is 10.7. The SMILES string of the molecule is COC(=O)C1(C)Cc2cc(/C=C/C(=O)O)ccc2O1. The fourth-order valence-electron chi connectivity index (χ4n) is 2.08. The normalized spacial score (nSPS) is 20.9. The molecule has 1 aromatic carbocycles. The molecule has 0 spiro atoms. The lowest BCUT2D eigenvalue weighted by Crippen LogP contribution is -2.40. The van der Waals surface area contributed by atoms with Gasteiger partial charge in [-0.05, 0) is 36.3 Å². The van der Waals surface area contributed by atoms with Gasteiger partial charge in [0.25, 0.3) is 0 Å². The summed E-state index contributed by atoms with van der Waals surface area (Å²) >= 11 is 0. The fraction of sp³-hybridized carbons (Fsp3) is 0.286. The van der Waals surface area contributed by atoms with Crippen LogP contribution in [0.15, 0.2) is 24.3 Å². The number of carbonyl (C=O) groups excluding carboxylic acids is 1. The molecule has 1 aromatic rings. The van der Waals surface area contributed by atoms with Crippen LogP contribution in [0.1, 0.15) is 18.1 Å². The van der Waals surface area contributed by atoms with Gasteiger partial charge in [-0.1, -0.05) is 6.07 Å². The number of aliphatic carboxylic acids is 1. The summed E-state index contributed by atoms with van der Waals surface area (Å²) in [5.41, 5.74) is 0.603. The van der Waals surface area contributed by atoms with Crippen LogP contribution in [0, 0.1) is 0 Å². The van der Waals surface area contributed by atoms with Gasteiger partial charge in [-0.2, -0.15) is 0 Å². The minimum absolute atomic E-state index is 0.407. The molecular weight excluding hydrogens is 248 g/mol. The standard InChI is InChI=1S/C14H14O5/c1-14(13(17)18-2)8-10-7-9(4-6-12(15)16)3-5-11(10)19-14/h3-7H,8H2,1-2H3,(H,15,16)/b6-4+. The quantitative estimate of drug-likeness (QED) is 0.662. The van der Waals surface area contributed by atoms with Crippen molar-refractivity contribution in [3.05, 3.63) is 35.4 Å². The first-order chi connectivity index (χ1) is 8.94. The van der Waals surface area contributed by atoms with Crippen molar-refractivity contribution in [1.29, 1.82) is 0 Å². The first-order valence-corrected chi connectivity index (χ1v) is 5.76. The maximum absolute atomic E-state index is 11.7. The third-order valence-electron chi connectivity index (χ3n) is 2.98. The van der Waals surface area contributed by atoms with Crippen LogP contribution >= 0.6 is 0 Å². The first-order valence-electron chi connectivity index (χ1n) is 5.76. The molecule has 0 aliphatic carbocycles. The highest BCUT2D eigenvalue weighted by atomic mass is 16.6. The lowest BCUT2D eigenvalue weighted by atomic mass is 9.98. The number of benzene rings is 1. The number of methoxy groups -OCH3 is 1. The number of hydrogen-bond donors (Lipinski definition) is 1. The van der Waals surface area contributed by atoms with Crippen LogP contribution in [-0.4, -0.2) is 29.8 Å². The molecule has 5 nitrogen and oxygen atoms in total. The van der Waals surface area contributed by atoms with Gasteiger partial charge in [0.15, 0.2) is 0 Å². The molecule has 1 unspecified atom stereocenters. The molecule has 0 saturated carbocycles. The average molecular weight is 262 g/mol. The molecule has 0 amide bonds. The molecule has 1 aliphatic heterocycles. The summed E-state index contributed by atoms with van der Waals surface area (Å²) in [4.78, 5) is 22.1. The average Bonchev–Trinajstić information content (AvgIpc) is 2.72. The van der Waals surface area contributed by atoms with Gasteiger partial charge in [0.05, 0.1) is 7.11 Å². The summed E-state index contributed by atoms with van der Waals surface area (Å²) in [5.74, 6) is -0.803. The highest BCUT2D eigenvalue weighted by Crippen LogP contribution is 2.36. The monoisotopic (exact) mass is 262 g/mol. The summed E-state index contributed by atoms with van der Waals surface area (Å²) in [7, 11) is 1.32. The molecule has 1 heterocycles. The summed E-state index contributed by atoms with van der Waals surface area (Å²) in [6.45, 7) is 1.67. The Morgan fingerprint density at radius 3 is 2.84 bits per heavy atom. The minimum Gasteiger partial charge on any atom is -0.478 e. The topological polar surface area (TPSA) is 72.8 Å². The molecule has 1 atom stereocenters. The fourth-order valence-corrected chi connectivity index (χ4v) is 2.08. The molecular formula is C14H14O5. The van der Waals surface area contributed by atoms with Crippen LogP contribution in [0.2, 0.25) is 0 Å². The molecule has 0 saturated heterocycles. The molecule has 2 rings (SSSR count). The molecule has 1 N–H and O–H groups in total. The molecule has 5 heteroatoms. The minimum atomic E-state index is -1.01. The van der Waals surface area contributed by atoms with Crippen molar-refractivity contribution >= 4 is 18.0 Å². The van der Waals surface area contributed by atoms with E-state index in [-0.39, 0.29) is 0 Å². The maximum Gasteiger partial charge on any atom is 0.350 e. The van der Waals surface area contributed by atoms with E-state index >= 15 is 0 Å². The van der Waals surface area contributed by atoms with Crippen molar-refractivity contribution in [3.8, 4) is 5.75 Å². The Balaban J connectivity index is 2.25. The van der Waals surface area contributed by atoms with Gasteiger partial charge in [0, 0.05) is 12.5 Å². The summed E-state index contributed by atoms with van der Waals surface area (Å²) in [5, 5.41) is 8.58. The van der Waals surface area contributed by atoms with E-state index in [9.17, 15) is 9.59 Å². The maximum atomic E-state index is 11.7. The van der Waals surface area contributed by atoms with Gasteiger partial charge in [0.1, 0.15) is 5.75 Å². The number of hydrogen-bond acceptors (Lipinski definition) is 4. The van der Waals surface area contributed by atoms with E-state index in [1.807, 2.05) is 6.07 Å². The molecule has 0 aromatic heterocycles. The molecule has 0 radical (unpaired) electrons. The number of fused-ring (bicyclic) bond motifs is 1. The van der Waals surface area contributed by atoms with Gasteiger partial charge < -0.3 is 14.6 Å². The third kappa shape index (κ3) is 2.59. The van der Waals surface area contributed by atoms with E-state index in [2.05, 4.69) is 0 Å². The van der Waals surface area contributed by atoms with Gasteiger partial charge in [-0.15, -0.1) is 0 Å². The van der Waals surface area contributed by atoms with E-state index in [4.69, 9.17) is 14.6 Å². The zero-order valence-electron chi connectivity index (χ0n) is 10.7. The van der Waals surface area contributed by atoms with Crippen LogP contribution in [0.25, 0.3) is 6.08 Å². The van der Waals surface area contributed by atoms with Crippen LogP contribution in [0.4, 0.5) is 0 Å². The Bertz CT molecular complexity index is 561. The second-order valence-corrected chi connectivity index (χ2v) is 4.54. The van der Waals surface area contributed by atoms with Gasteiger partial charge in [0.2, 0.25) is 5.60 Å². The third-order valence-corrected chi connectivity index (χ3v) is 2.98. The first kappa shape index (κ1) is 13.1. The van der Waals surface area contributed by atoms with E-state index in [1.165, 1.54) is 13.2 Å². The Kier molecular flexibility index (Phi) is 3.29. The largest absolute Gasteiger partial charge is 0.478 e. The Morgan fingerprint density at radius 1 is 1.47 bits per heavy atom. The van der Waals surface area contributed by atoms with Crippen LogP contribution < -0.4 is 4.74 Å². The molecule has 1 aliphatic rings. The highest BCUT2D eigenvalue weighted by molar-refractivity contribution is 5.85. The Hall–Kier alpha value is -2.30. The smallest absolute Gasteiger partial charge is 0.350 e. The number of carboxylic acid groups (broad SMARTS) is 1. The Morgan fingerprint density at radius 2 is 2.21 bits per heavy atom. The van der Waals surface area contributed by atoms with E-state index in [0.29, 0.717) is 12.2 Å². The zero-order chi connectivity index (χ0) is 14.0. The van der Waals surface area contributed by atoms with Gasteiger partial charge in [-0.3, -0.25) is 0 Å². The summed E-state index contributed by atoms with van der Waals surface area (Å²) in [6, 6.07) is 5.27. The van der Waals surface area contributed by atoms with Crippen LogP contribution in [0.3, 0.4) is 0 Å². The van der Waals surface area contributed by atoms with Crippen molar-refractivity contribution in [2.45, 2.75) is 18.9 Å². The molecule has 0 fully saturated rings. The van der Waals surface area contributed by atoms with Crippen molar-refractivity contribution < 1.29 is 24.2 Å². The number of carboxylic acids is 1. The summed E-state index contributed by atoms with van der Waals surface area (Å²) in [6.07, 6.45) is 2.97. The van der Waals surface area contributed by atoms with Crippen LogP contribution in [-0.2, 0) is 20.7 Å². The van der Waals surface area contributed by atoms with Gasteiger partial charge in [-0.25, -0.2) is 9.59 Å². The lowest BCUT2D eigenvalue weighted by Gasteiger charge is -2.20. The van der Waals surface area contributed by atoms with E-state index in [1.54, 1.807) is 19.1 Å². The predicted octanol–water partition coefficient (Wildman–Crippen LogP) is 1.65. The lowest BCUT2D eigenvalue weighted by molar-refractivity contribution is -0.156. The second kappa shape index (κ2) is 4.76. The molecule has 100 valence electrons. The van der Waals surface area contributed by atoms with Crippen molar-refractivity contribution in [1.82, 2.24) is 0 Å².